The zero-order chi connectivity index (χ0) is 13.8. The van der Waals surface area contributed by atoms with E-state index in [-0.39, 0.29) is 0 Å². The second-order valence-corrected chi connectivity index (χ2v) is 5.60. The van der Waals surface area contributed by atoms with Gasteiger partial charge in [-0.25, -0.2) is 0 Å². The van der Waals surface area contributed by atoms with Crippen molar-refractivity contribution in [2.45, 2.75) is 38.1 Å². The van der Waals surface area contributed by atoms with Gasteiger partial charge in [0, 0.05) is 23.8 Å². The molecule has 2 aromatic rings. The summed E-state index contributed by atoms with van der Waals surface area (Å²) < 4.78 is 0. The van der Waals surface area contributed by atoms with Crippen LogP contribution in [0.2, 0.25) is 0 Å². The molecule has 20 heavy (non-hydrogen) atoms. The summed E-state index contributed by atoms with van der Waals surface area (Å²) in [6, 6.07) is 9.04. The van der Waals surface area contributed by atoms with E-state index in [4.69, 9.17) is 0 Å². The highest BCUT2D eigenvalue weighted by Gasteiger charge is 2.15. The highest BCUT2D eigenvalue weighted by Crippen LogP contribution is 2.31. The van der Waals surface area contributed by atoms with Crippen LogP contribution in [-0.4, -0.2) is 12.0 Å². The standard InChI is InChI=1S/C18H22N2/c1-19-18(12-14-6-3-2-4-7-14)17-9-5-8-15-13-20-11-10-16(15)17/h5-6,8-11,13,18-19H,2-4,7,12H2,1H3. The van der Waals surface area contributed by atoms with Crippen molar-refractivity contribution in [3.05, 3.63) is 53.9 Å². The number of pyridine rings is 1. The third kappa shape index (κ3) is 2.75. The van der Waals surface area contributed by atoms with Gasteiger partial charge in [0.2, 0.25) is 0 Å². The summed E-state index contributed by atoms with van der Waals surface area (Å²) in [5.41, 5.74) is 3.00. The molecule has 0 saturated carbocycles. The Hall–Kier alpha value is -1.67. The maximum Gasteiger partial charge on any atom is 0.0361 e. The maximum absolute atomic E-state index is 4.22. The van der Waals surface area contributed by atoms with Crippen LogP contribution in [0.5, 0.6) is 0 Å². The summed E-state index contributed by atoms with van der Waals surface area (Å²) in [5, 5.41) is 6.04. The first-order valence-electron chi connectivity index (χ1n) is 7.56. The van der Waals surface area contributed by atoms with Crippen LogP contribution >= 0.6 is 0 Å². The number of allylic oxidation sites excluding steroid dienone is 1. The monoisotopic (exact) mass is 266 g/mol. The van der Waals surface area contributed by atoms with Crippen LogP contribution in [0.4, 0.5) is 0 Å². The smallest absolute Gasteiger partial charge is 0.0361 e. The molecular weight excluding hydrogens is 244 g/mol. The summed E-state index contributed by atoms with van der Waals surface area (Å²) in [6.07, 6.45) is 12.6. The van der Waals surface area contributed by atoms with Crippen molar-refractivity contribution in [1.29, 1.82) is 0 Å². The van der Waals surface area contributed by atoms with Gasteiger partial charge in [0.15, 0.2) is 0 Å². The Morgan fingerprint density at radius 1 is 1.25 bits per heavy atom. The van der Waals surface area contributed by atoms with Gasteiger partial charge in [-0.05, 0) is 56.2 Å². The normalized spacial score (nSPS) is 16.9. The first-order chi connectivity index (χ1) is 9.88. The van der Waals surface area contributed by atoms with E-state index < -0.39 is 0 Å². The lowest BCUT2D eigenvalue weighted by atomic mass is 9.90. The van der Waals surface area contributed by atoms with Crippen LogP contribution in [0.15, 0.2) is 48.3 Å². The van der Waals surface area contributed by atoms with E-state index >= 15 is 0 Å². The molecule has 1 N–H and O–H groups in total. The number of fused-ring (bicyclic) bond motifs is 1. The number of hydrogen-bond acceptors (Lipinski definition) is 2. The minimum absolute atomic E-state index is 0.394. The van der Waals surface area contributed by atoms with E-state index in [0.29, 0.717) is 6.04 Å². The lowest BCUT2D eigenvalue weighted by Gasteiger charge is -2.22. The fourth-order valence-corrected chi connectivity index (χ4v) is 3.17. The van der Waals surface area contributed by atoms with Crippen molar-refractivity contribution < 1.29 is 0 Å². The number of aromatic nitrogens is 1. The molecule has 0 spiro atoms. The van der Waals surface area contributed by atoms with E-state index in [1.807, 2.05) is 12.4 Å². The molecule has 2 nitrogen and oxygen atoms in total. The summed E-state index contributed by atoms with van der Waals surface area (Å²) >= 11 is 0. The van der Waals surface area contributed by atoms with Gasteiger partial charge in [-0.15, -0.1) is 0 Å². The van der Waals surface area contributed by atoms with E-state index in [2.05, 4.69) is 47.7 Å². The molecule has 1 aliphatic carbocycles. The van der Waals surface area contributed by atoms with Gasteiger partial charge in [-0.1, -0.05) is 29.8 Å². The molecule has 0 amide bonds. The lowest BCUT2D eigenvalue weighted by Crippen LogP contribution is -2.18. The summed E-state index contributed by atoms with van der Waals surface area (Å²) in [7, 11) is 2.06. The molecule has 1 aromatic carbocycles. The lowest BCUT2D eigenvalue weighted by molar-refractivity contribution is 0.562. The second kappa shape index (κ2) is 6.19. The molecule has 1 heterocycles. The Balaban J connectivity index is 1.92. The molecule has 1 unspecified atom stereocenters. The van der Waals surface area contributed by atoms with E-state index in [1.165, 1.54) is 42.0 Å². The summed E-state index contributed by atoms with van der Waals surface area (Å²) in [5.74, 6) is 0. The third-order valence-electron chi connectivity index (χ3n) is 4.29. The van der Waals surface area contributed by atoms with E-state index in [0.717, 1.165) is 6.42 Å². The number of benzene rings is 1. The molecule has 0 aliphatic heterocycles. The molecule has 3 rings (SSSR count). The van der Waals surface area contributed by atoms with Crippen LogP contribution in [-0.2, 0) is 0 Å². The van der Waals surface area contributed by atoms with Gasteiger partial charge < -0.3 is 5.32 Å². The van der Waals surface area contributed by atoms with Crippen molar-refractivity contribution in [2.24, 2.45) is 0 Å². The molecule has 0 fully saturated rings. The SMILES string of the molecule is CNC(CC1=CCCCC1)c1cccc2cnccc12. The van der Waals surface area contributed by atoms with E-state index in [1.54, 1.807) is 5.57 Å². The highest BCUT2D eigenvalue weighted by atomic mass is 14.9. The van der Waals surface area contributed by atoms with Gasteiger partial charge in [0.1, 0.15) is 0 Å². The minimum atomic E-state index is 0.394. The van der Waals surface area contributed by atoms with Gasteiger partial charge in [0.05, 0.1) is 0 Å². The molecule has 1 aromatic heterocycles. The largest absolute Gasteiger partial charge is 0.313 e. The van der Waals surface area contributed by atoms with Crippen molar-refractivity contribution in [3.63, 3.8) is 0 Å². The van der Waals surface area contributed by atoms with Crippen LogP contribution in [0.3, 0.4) is 0 Å². The number of hydrogen-bond donors (Lipinski definition) is 1. The predicted molar refractivity (Wildman–Crippen MR) is 84.7 cm³/mol. The van der Waals surface area contributed by atoms with Crippen LogP contribution in [0.25, 0.3) is 10.8 Å². The quantitative estimate of drug-likeness (QED) is 0.830. The fourth-order valence-electron chi connectivity index (χ4n) is 3.17. The molecule has 1 atom stereocenters. The predicted octanol–water partition coefficient (Wildman–Crippen LogP) is 4.39. The van der Waals surface area contributed by atoms with Crippen LogP contribution in [0.1, 0.15) is 43.7 Å². The van der Waals surface area contributed by atoms with Crippen molar-refractivity contribution in [3.8, 4) is 0 Å². The average Bonchev–Trinajstić information content (AvgIpc) is 2.53. The van der Waals surface area contributed by atoms with Crippen LogP contribution in [0, 0.1) is 0 Å². The molecule has 0 bridgehead atoms. The fraction of sp³-hybridized carbons (Fsp3) is 0.389. The first kappa shape index (κ1) is 13.3. The molecule has 0 saturated heterocycles. The Morgan fingerprint density at radius 3 is 3.00 bits per heavy atom. The van der Waals surface area contributed by atoms with Gasteiger partial charge >= 0.3 is 0 Å². The number of rotatable bonds is 4. The van der Waals surface area contributed by atoms with Crippen molar-refractivity contribution >= 4 is 10.8 Å². The Kier molecular flexibility index (Phi) is 4.12. The van der Waals surface area contributed by atoms with E-state index in [9.17, 15) is 0 Å². The highest BCUT2D eigenvalue weighted by molar-refractivity contribution is 5.85. The Bertz CT molecular complexity index is 610. The zero-order valence-electron chi connectivity index (χ0n) is 12.1. The number of nitrogens with zero attached hydrogens (tertiary/aromatic N) is 1. The number of nitrogens with one attached hydrogen (secondary N) is 1. The van der Waals surface area contributed by atoms with Gasteiger partial charge in [0.25, 0.3) is 0 Å². The van der Waals surface area contributed by atoms with Crippen molar-refractivity contribution in [1.82, 2.24) is 10.3 Å². The maximum atomic E-state index is 4.22. The Labute approximate surface area is 120 Å². The van der Waals surface area contributed by atoms with Gasteiger partial charge in [-0.2, -0.15) is 0 Å². The third-order valence-corrected chi connectivity index (χ3v) is 4.29. The molecular formula is C18H22N2. The Morgan fingerprint density at radius 2 is 2.20 bits per heavy atom. The minimum Gasteiger partial charge on any atom is -0.313 e. The molecule has 2 heteroatoms. The topological polar surface area (TPSA) is 24.9 Å². The van der Waals surface area contributed by atoms with Crippen molar-refractivity contribution in [2.75, 3.05) is 7.05 Å². The molecule has 0 radical (unpaired) electrons. The van der Waals surface area contributed by atoms with Crippen LogP contribution < -0.4 is 5.32 Å². The zero-order valence-corrected chi connectivity index (χ0v) is 12.1. The average molecular weight is 266 g/mol. The summed E-state index contributed by atoms with van der Waals surface area (Å²) in [6.45, 7) is 0. The molecule has 1 aliphatic rings. The summed E-state index contributed by atoms with van der Waals surface area (Å²) in [4.78, 5) is 4.22. The first-order valence-corrected chi connectivity index (χ1v) is 7.56. The van der Waals surface area contributed by atoms with Gasteiger partial charge in [-0.3, -0.25) is 4.98 Å². The second-order valence-electron chi connectivity index (χ2n) is 5.60. The molecule has 104 valence electrons.